The summed E-state index contributed by atoms with van der Waals surface area (Å²) in [5.74, 6) is -0.0129. The first kappa shape index (κ1) is 14.0. The fourth-order valence-corrected chi connectivity index (χ4v) is 2.89. The lowest BCUT2D eigenvalue weighted by atomic mass is 10.1. The van der Waals surface area contributed by atoms with Gasteiger partial charge in [-0.1, -0.05) is 45.5 Å². The number of ketones is 1. The topological polar surface area (TPSA) is 42.0 Å². The van der Waals surface area contributed by atoms with Crippen molar-refractivity contribution < 1.29 is 4.79 Å². The van der Waals surface area contributed by atoms with Crippen LogP contribution in [0.2, 0.25) is 0 Å². The first-order chi connectivity index (χ1) is 10.2. The number of carbonyl (C=O) groups is 1. The Labute approximate surface area is 134 Å². The summed E-state index contributed by atoms with van der Waals surface area (Å²) in [6.07, 6.45) is 1.61. The fourth-order valence-electron chi connectivity index (χ4n) is 1.83. The second kappa shape index (κ2) is 6.20. The number of benzene rings is 2. The van der Waals surface area contributed by atoms with E-state index < -0.39 is 0 Å². The molecule has 1 heterocycles. The normalized spacial score (nSPS) is 10.3. The fraction of sp³-hybridized carbons (Fsp3) is 0. The molecule has 0 fully saturated rings. The monoisotopic (exact) mass is 358 g/mol. The Bertz CT molecular complexity index is 753. The Morgan fingerprint density at radius 2 is 1.76 bits per heavy atom. The van der Waals surface area contributed by atoms with Crippen LogP contribution in [0.3, 0.4) is 0 Å². The molecule has 0 spiro atoms. The van der Waals surface area contributed by atoms with Gasteiger partial charge in [-0.3, -0.25) is 4.79 Å². The summed E-state index contributed by atoms with van der Waals surface area (Å²) in [5, 5.41) is 3.90. The molecule has 3 rings (SSSR count). The van der Waals surface area contributed by atoms with E-state index in [0.29, 0.717) is 15.6 Å². The van der Waals surface area contributed by atoms with Gasteiger partial charge in [-0.2, -0.15) is 0 Å². The number of thiazole rings is 1. The Morgan fingerprint density at radius 3 is 2.48 bits per heavy atom. The zero-order chi connectivity index (χ0) is 14.7. The quantitative estimate of drug-likeness (QED) is 0.675. The van der Waals surface area contributed by atoms with E-state index in [1.54, 1.807) is 18.3 Å². The minimum atomic E-state index is -0.0129. The lowest BCUT2D eigenvalue weighted by molar-refractivity contribution is 0.104. The van der Waals surface area contributed by atoms with Crippen molar-refractivity contribution in [1.82, 2.24) is 4.98 Å². The molecule has 104 valence electrons. The number of hydrogen-bond donors (Lipinski definition) is 1. The van der Waals surface area contributed by atoms with Crippen LogP contribution in [-0.2, 0) is 0 Å². The number of carbonyl (C=O) groups excluding carboxylic acids is 1. The van der Waals surface area contributed by atoms with Gasteiger partial charge in [-0.25, -0.2) is 4.98 Å². The molecular formula is C16H11BrN2OS. The van der Waals surface area contributed by atoms with Gasteiger partial charge in [0.05, 0.1) is 11.1 Å². The minimum Gasteiger partial charge on any atom is -0.332 e. The number of nitrogens with one attached hydrogen (secondary N) is 1. The van der Waals surface area contributed by atoms with Crippen LogP contribution in [0, 0.1) is 0 Å². The second-order valence-corrected chi connectivity index (χ2v) is 6.30. The van der Waals surface area contributed by atoms with Crippen molar-refractivity contribution in [2.75, 3.05) is 5.32 Å². The van der Waals surface area contributed by atoms with E-state index >= 15 is 0 Å². The Morgan fingerprint density at radius 1 is 1.05 bits per heavy atom. The van der Waals surface area contributed by atoms with Crippen molar-refractivity contribution in [1.29, 1.82) is 0 Å². The molecule has 0 atom stereocenters. The molecule has 1 aromatic heterocycles. The summed E-state index contributed by atoms with van der Waals surface area (Å²) in [7, 11) is 0. The second-order valence-electron chi connectivity index (χ2n) is 4.36. The van der Waals surface area contributed by atoms with Gasteiger partial charge >= 0.3 is 0 Å². The molecule has 0 saturated heterocycles. The summed E-state index contributed by atoms with van der Waals surface area (Å²) in [6.45, 7) is 0. The molecule has 21 heavy (non-hydrogen) atoms. The van der Waals surface area contributed by atoms with Crippen LogP contribution in [0.1, 0.15) is 15.2 Å². The Hall–Kier alpha value is -1.98. The summed E-state index contributed by atoms with van der Waals surface area (Å²) in [5.41, 5.74) is 1.61. The van der Waals surface area contributed by atoms with Gasteiger partial charge < -0.3 is 5.32 Å². The van der Waals surface area contributed by atoms with E-state index in [9.17, 15) is 4.79 Å². The molecule has 0 aliphatic rings. The zero-order valence-corrected chi connectivity index (χ0v) is 13.3. The average Bonchev–Trinajstić information content (AvgIpc) is 2.97. The van der Waals surface area contributed by atoms with Crippen molar-refractivity contribution in [2.24, 2.45) is 0 Å². The van der Waals surface area contributed by atoms with E-state index in [0.717, 1.165) is 10.2 Å². The number of para-hydroxylation sites is 1. The van der Waals surface area contributed by atoms with Crippen molar-refractivity contribution in [3.8, 4) is 0 Å². The van der Waals surface area contributed by atoms with Gasteiger partial charge in [0.25, 0.3) is 0 Å². The smallest absolute Gasteiger partial charge is 0.204 e. The lowest BCUT2D eigenvalue weighted by Gasteiger charge is -2.00. The van der Waals surface area contributed by atoms with Gasteiger partial charge in [0, 0.05) is 15.7 Å². The first-order valence-corrected chi connectivity index (χ1v) is 7.91. The minimum absolute atomic E-state index is 0.0129. The first-order valence-electron chi connectivity index (χ1n) is 6.30. The summed E-state index contributed by atoms with van der Waals surface area (Å²) in [4.78, 5) is 17.2. The van der Waals surface area contributed by atoms with Gasteiger partial charge in [0.1, 0.15) is 0 Å². The highest BCUT2D eigenvalue weighted by molar-refractivity contribution is 9.10. The van der Waals surface area contributed by atoms with Gasteiger partial charge in [-0.15, -0.1) is 0 Å². The maximum Gasteiger partial charge on any atom is 0.204 e. The predicted octanol–water partition coefficient (Wildman–Crippen LogP) is 4.88. The summed E-state index contributed by atoms with van der Waals surface area (Å²) < 4.78 is 0.954. The van der Waals surface area contributed by atoms with E-state index in [-0.39, 0.29) is 5.78 Å². The van der Waals surface area contributed by atoms with E-state index in [1.807, 2.05) is 42.5 Å². The third kappa shape index (κ3) is 3.37. The van der Waals surface area contributed by atoms with E-state index in [2.05, 4.69) is 26.2 Å². The molecule has 0 aliphatic carbocycles. The number of aromatic nitrogens is 1. The molecule has 0 unspecified atom stereocenters. The van der Waals surface area contributed by atoms with Crippen LogP contribution in [0.5, 0.6) is 0 Å². The summed E-state index contributed by atoms with van der Waals surface area (Å²) >= 11 is 4.71. The van der Waals surface area contributed by atoms with Crippen LogP contribution in [-0.4, -0.2) is 10.8 Å². The third-order valence-electron chi connectivity index (χ3n) is 2.86. The number of anilines is 2. The number of rotatable bonds is 4. The lowest BCUT2D eigenvalue weighted by Crippen LogP contribution is -1.97. The van der Waals surface area contributed by atoms with Crippen LogP contribution in [0.4, 0.5) is 10.8 Å². The Balaban J connectivity index is 1.78. The number of halogens is 1. The van der Waals surface area contributed by atoms with Crippen molar-refractivity contribution in [3.63, 3.8) is 0 Å². The van der Waals surface area contributed by atoms with Gasteiger partial charge in [-0.05, 0) is 36.4 Å². The van der Waals surface area contributed by atoms with Crippen LogP contribution in [0.15, 0.2) is 65.3 Å². The molecule has 0 saturated carbocycles. The molecular weight excluding hydrogens is 348 g/mol. The molecule has 0 bridgehead atoms. The molecule has 1 N–H and O–H groups in total. The van der Waals surface area contributed by atoms with Crippen molar-refractivity contribution in [2.45, 2.75) is 0 Å². The molecule has 2 aromatic carbocycles. The number of hydrogen-bond acceptors (Lipinski definition) is 4. The van der Waals surface area contributed by atoms with E-state index in [4.69, 9.17) is 0 Å². The van der Waals surface area contributed by atoms with Crippen LogP contribution < -0.4 is 5.32 Å². The molecule has 5 heteroatoms. The molecule has 0 radical (unpaired) electrons. The zero-order valence-electron chi connectivity index (χ0n) is 10.9. The standard InChI is InChI=1S/C16H11BrN2OS/c17-12-8-6-11(7-9-12)15(20)14-10-18-16(21-14)19-13-4-2-1-3-5-13/h1-10H,(H,18,19). The Kier molecular flexibility index (Phi) is 4.13. The predicted molar refractivity (Wildman–Crippen MR) is 89.4 cm³/mol. The van der Waals surface area contributed by atoms with Gasteiger partial charge in [0.2, 0.25) is 5.78 Å². The largest absolute Gasteiger partial charge is 0.332 e. The molecule has 3 nitrogen and oxygen atoms in total. The highest BCUT2D eigenvalue weighted by atomic mass is 79.9. The molecule has 3 aromatic rings. The van der Waals surface area contributed by atoms with Crippen molar-refractivity contribution in [3.05, 3.63) is 75.7 Å². The highest BCUT2D eigenvalue weighted by Crippen LogP contribution is 2.24. The van der Waals surface area contributed by atoms with Crippen LogP contribution in [0.25, 0.3) is 0 Å². The third-order valence-corrected chi connectivity index (χ3v) is 4.30. The average molecular weight is 359 g/mol. The van der Waals surface area contributed by atoms with Crippen molar-refractivity contribution >= 4 is 43.9 Å². The van der Waals surface area contributed by atoms with E-state index in [1.165, 1.54) is 11.3 Å². The SMILES string of the molecule is O=C(c1ccc(Br)cc1)c1cnc(Nc2ccccc2)s1. The maximum atomic E-state index is 12.4. The molecule has 0 aliphatic heterocycles. The summed E-state index contributed by atoms with van der Waals surface area (Å²) in [6, 6.07) is 17.1. The maximum absolute atomic E-state index is 12.4. The highest BCUT2D eigenvalue weighted by Gasteiger charge is 2.13. The molecule has 0 amide bonds. The number of nitrogens with zero attached hydrogens (tertiary/aromatic N) is 1. The van der Waals surface area contributed by atoms with Gasteiger partial charge in [0.15, 0.2) is 5.13 Å². The van der Waals surface area contributed by atoms with Crippen LogP contribution >= 0.6 is 27.3 Å².